The first-order chi connectivity index (χ1) is 9.69. The zero-order valence-corrected chi connectivity index (χ0v) is 12.5. The van der Waals surface area contributed by atoms with Gasteiger partial charge in [0, 0.05) is 0 Å². The number of nitrogens with zero attached hydrogens (tertiary/aromatic N) is 1. The summed E-state index contributed by atoms with van der Waals surface area (Å²) in [6, 6.07) is 0. The number of aliphatic hydroxyl groups excluding tert-OH is 4. The minimum Gasteiger partial charge on any atom is -0.714 e. The second-order valence-corrected chi connectivity index (χ2v) is 6.27. The van der Waals surface area contributed by atoms with Crippen LogP contribution in [-0.2, 0) is 19.4 Å². The van der Waals surface area contributed by atoms with Crippen molar-refractivity contribution in [2.24, 2.45) is 5.16 Å². The van der Waals surface area contributed by atoms with Gasteiger partial charge in [-0.25, -0.2) is 0 Å². The predicted octanol–water partition coefficient (Wildman–Crippen LogP) is -2.28. The van der Waals surface area contributed by atoms with E-state index in [1.807, 2.05) is 0 Å². The summed E-state index contributed by atoms with van der Waals surface area (Å²) >= 11 is 0.707. The van der Waals surface area contributed by atoms with Gasteiger partial charge in [-0.2, -0.15) is 8.42 Å². The molecule has 1 heterocycles. The summed E-state index contributed by atoms with van der Waals surface area (Å²) in [5.41, 5.74) is -1.13. The molecule has 12 heteroatoms. The van der Waals surface area contributed by atoms with Crippen molar-refractivity contribution in [2.45, 2.75) is 43.2 Å². The van der Waals surface area contributed by atoms with E-state index in [1.54, 1.807) is 6.92 Å². The second-order valence-electron chi connectivity index (χ2n) is 4.14. The van der Waals surface area contributed by atoms with Crippen molar-refractivity contribution in [3.63, 3.8) is 0 Å². The van der Waals surface area contributed by atoms with Crippen LogP contribution >= 0.6 is 11.8 Å². The fourth-order valence-electron chi connectivity index (χ4n) is 1.56. The molecule has 0 aromatic rings. The van der Waals surface area contributed by atoms with Gasteiger partial charge in [-0.1, -0.05) is 23.8 Å². The molecule has 0 spiro atoms. The van der Waals surface area contributed by atoms with E-state index in [1.165, 1.54) is 0 Å². The van der Waals surface area contributed by atoms with Crippen molar-refractivity contribution >= 4 is 27.2 Å². The van der Waals surface area contributed by atoms with E-state index >= 15 is 0 Å². The Hall–Kier alpha value is -0.470. The van der Waals surface area contributed by atoms with Gasteiger partial charge in [0.1, 0.15) is 34.9 Å². The number of ether oxygens (including phenoxy) is 1. The van der Waals surface area contributed by atoms with Gasteiger partial charge in [-0.15, -0.1) is 0 Å². The van der Waals surface area contributed by atoms with Crippen LogP contribution < -0.4 is 0 Å². The third kappa shape index (κ3) is 5.34. The molecule has 124 valence electrons. The van der Waals surface area contributed by atoms with Gasteiger partial charge in [0.25, 0.3) is 10.4 Å². The Morgan fingerprint density at radius 1 is 1.33 bits per heavy atom. The largest absolute Gasteiger partial charge is 0.714 e. The zero-order valence-electron chi connectivity index (χ0n) is 10.9. The molecule has 4 N–H and O–H groups in total. The Bertz CT molecular complexity index is 466. The molecule has 0 aromatic carbocycles. The molecular formula is C9H16NO9S2-. The van der Waals surface area contributed by atoms with E-state index in [0.29, 0.717) is 11.8 Å². The molecule has 1 fully saturated rings. The standard InChI is InChI=1S/C9H17NO9S2/c1-2-5(10-19-21(15,16)17)20-9-8(14)7(13)6(12)4(3-11)18-9/h4,6-9,11-14H,2-3H2,1H3,(H,15,16,17)/p-1/b10-5-/t4?,6-,7-,8?,9-/m0/s1. The average Bonchev–Trinajstić information content (AvgIpc) is 2.42. The van der Waals surface area contributed by atoms with Gasteiger partial charge in [-0.05, 0) is 6.42 Å². The first-order valence-electron chi connectivity index (χ1n) is 5.88. The van der Waals surface area contributed by atoms with E-state index in [4.69, 9.17) is 9.84 Å². The maximum absolute atomic E-state index is 10.3. The summed E-state index contributed by atoms with van der Waals surface area (Å²) in [5, 5.41) is 41.1. The number of hydrogen-bond acceptors (Lipinski definition) is 11. The van der Waals surface area contributed by atoms with E-state index in [-0.39, 0.29) is 11.5 Å². The Morgan fingerprint density at radius 3 is 2.43 bits per heavy atom. The van der Waals surface area contributed by atoms with Gasteiger partial charge in [0.05, 0.1) is 6.61 Å². The molecule has 10 nitrogen and oxygen atoms in total. The Morgan fingerprint density at radius 2 is 1.95 bits per heavy atom. The monoisotopic (exact) mass is 346 g/mol. The molecule has 1 saturated heterocycles. The van der Waals surface area contributed by atoms with Crippen LogP contribution in [0.1, 0.15) is 13.3 Å². The Kier molecular flexibility index (Phi) is 6.80. The topological polar surface area (TPSA) is 169 Å². The van der Waals surface area contributed by atoms with Gasteiger partial charge in [0.15, 0.2) is 0 Å². The second kappa shape index (κ2) is 7.69. The maximum atomic E-state index is 10.3. The first kappa shape index (κ1) is 18.6. The Labute approximate surface area is 125 Å². The van der Waals surface area contributed by atoms with E-state index < -0.39 is 46.9 Å². The maximum Gasteiger partial charge on any atom is 0.284 e. The lowest BCUT2D eigenvalue weighted by Gasteiger charge is -2.39. The fourth-order valence-corrected chi connectivity index (χ4v) is 2.80. The average molecular weight is 346 g/mol. The molecule has 2 unspecified atom stereocenters. The minimum atomic E-state index is -5.00. The molecule has 1 aliphatic rings. The Balaban J connectivity index is 2.79. The van der Waals surface area contributed by atoms with E-state index in [0.717, 1.165) is 0 Å². The van der Waals surface area contributed by atoms with Crippen LogP contribution in [0, 0.1) is 0 Å². The van der Waals surface area contributed by atoms with Crippen LogP contribution in [0.2, 0.25) is 0 Å². The van der Waals surface area contributed by atoms with Crippen molar-refractivity contribution in [2.75, 3.05) is 6.61 Å². The smallest absolute Gasteiger partial charge is 0.284 e. The van der Waals surface area contributed by atoms with Crippen molar-refractivity contribution in [3.05, 3.63) is 0 Å². The molecule has 5 atom stereocenters. The lowest BCUT2D eigenvalue weighted by atomic mass is 10.0. The molecule has 21 heavy (non-hydrogen) atoms. The normalized spacial score (nSPS) is 34.8. The third-order valence-electron chi connectivity index (χ3n) is 2.63. The number of hydrogen-bond donors (Lipinski definition) is 4. The fraction of sp³-hybridized carbons (Fsp3) is 0.889. The summed E-state index contributed by atoms with van der Waals surface area (Å²) in [4.78, 5) is 0. The van der Waals surface area contributed by atoms with Crippen LogP contribution in [-0.4, -0.2) is 74.9 Å². The minimum absolute atomic E-state index is 0.0127. The van der Waals surface area contributed by atoms with Crippen molar-refractivity contribution in [3.8, 4) is 0 Å². The van der Waals surface area contributed by atoms with Crippen LogP contribution in [0.4, 0.5) is 0 Å². The molecule has 0 radical (unpaired) electrons. The number of aliphatic hydroxyl groups is 4. The summed E-state index contributed by atoms with van der Waals surface area (Å²) in [6.07, 6.45) is -5.50. The van der Waals surface area contributed by atoms with Gasteiger partial charge in [-0.3, -0.25) is 4.28 Å². The summed E-state index contributed by atoms with van der Waals surface area (Å²) in [6.45, 7) is 0.989. The molecule has 0 bridgehead atoms. The lowest BCUT2D eigenvalue weighted by Crippen LogP contribution is -2.57. The lowest BCUT2D eigenvalue weighted by molar-refractivity contribution is -0.205. The highest BCUT2D eigenvalue weighted by Gasteiger charge is 2.44. The predicted molar refractivity (Wildman–Crippen MR) is 69.9 cm³/mol. The molecule has 0 amide bonds. The summed E-state index contributed by atoms with van der Waals surface area (Å²) < 4.78 is 39.9. The first-order valence-corrected chi connectivity index (χ1v) is 8.09. The van der Waals surface area contributed by atoms with Crippen molar-refractivity contribution in [1.29, 1.82) is 0 Å². The molecule has 0 aliphatic carbocycles. The van der Waals surface area contributed by atoms with Crippen LogP contribution in [0.15, 0.2) is 5.16 Å². The van der Waals surface area contributed by atoms with Crippen LogP contribution in [0.3, 0.4) is 0 Å². The van der Waals surface area contributed by atoms with Crippen molar-refractivity contribution in [1.82, 2.24) is 0 Å². The van der Waals surface area contributed by atoms with Gasteiger partial charge in [0.2, 0.25) is 0 Å². The van der Waals surface area contributed by atoms with Crippen LogP contribution in [0.5, 0.6) is 0 Å². The zero-order chi connectivity index (χ0) is 16.2. The van der Waals surface area contributed by atoms with Crippen LogP contribution in [0.25, 0.3) is 0 Å². The SMILES string of the molecule is CC/C(=N/OS(=O)(=O)[O-])S[C@@H]1OC(CO)[C@H](O)[C@H](O)C1O. The summed E-state index contributed by atoms with van der Waals surface area (Å²) in [5.74, 6) is 0. The number of oxime groups is 1. The van der Waals surface area contributed by atoms with E-state index in [2.05, 4.69) is 9.44 Å². The molecule has 0 aromatic heterocycles. The van der Waals surface area contributed by atoms with Crippen molar-refractivity contribution < 1.29 is 42.4 Å². The van der Waals surface area contributed by atoms with Gasteiger partial charge >= 0.3 is 0 Å². The molecular weight excluding hydrogens is 330 g/mol. The third-order valence-corrected chi connectivity index (χ3v) is 4.15. The summed E-state index contributed by atoms with van der Waals surface area (Å²) in [7, 11) is -5.00. The molecule has 1 rings (SSSR count). The quantitative estimate of drug-likeness (QED) is 0.140. The van der Waals surface area contributed by atoms with E-state index in [9.17, 15) is 28.3 Å². The molecule has 0 saturated carbocycles. The molecule has 1 aliphatic heterocycles. The highest BCUT2D eigenvalue weighted by atomic mass is 32.3. The highest BCUT2D eigenvalue weighted by Crippen LogP contribution is 2.30. The van der Waals surface area contributed by atoms with Gasteiger partial charge < -0.3 is 29.7 Å². The number of thioether (sulfide) groups is 1. The highest BCUT2D eigenvalue weighted by molar-refractivity contribution is 8.14. The number of rotatable bonds is 5.